The number of nitrogens with one attached hydrogen (secondary N) is 1. The number of nitrogens with zero attached hydrogens (tertiary/aromatic N) is 5. The second-order valence-electron chi connectivity index (χ2n) is 8.84. The zero-order valence-corrected chi connectivity index (χ0v) is 19.6. The number of piperazine rings is 1. The summed E-state index contributed by atoms with van der Waals surface area (Å²) in [4.78, 5) is 37.1. The van der Waals surface area contributed by atoms with Gasteiger partial charge in [0.15, 0.2) is 5.75 Å². The van der Waals surface area contributed by atoms with Crippen molar-refractivity contribution in [3.05, 3.63) is 48.5 Å². The van der Waals surface area contributed by atoms with Gasteiger partial charge in [-0.05, 0) is 37.1 Å². The summed E-state index contributed by atoms with van der Waals surface area (Å²) in [5.74, 6) is 2.41. The quantitative estimate of drug-likeness (QED) is 0.433. The third-order valence-electron chi connectivity index (χ3n) is 6.43. The van der Waals surface area contributed by atoms with E-state index in [1.807, 2.05) is 12.1 Å². The van der Waals surface area contributed by atoms with Crippen LogP contribution in [0.2, 0.25) is 0 Å². The second kappa shape index (κ2) is 10.1. The zero-order chi connectivity index (χ0) is 24.2. The first kappa shape index (κ1) is 22.8. The summed E-state index contributed by atoms with van der Waals surface area (Å²) >= 11 is 0. The smallest absolute Gasteiger partial charge is 0.322 e. The lowest BCUT2D eigenvalue weighted by molar-refractivity contribution is -0.131. The molecule has 1 aromatic carbocycles. The van der Waals surface area contributed by atoms with Gasteiger partial charge in [0.05, 0.1) is 5.69 Å². The summed E-state index contributed by atoms with van der Waals surface area (Å²) in [6.07, 6.45) is 6.43. The van der Waals surface area contributed by atoms with Crippen LogP contribution in [-0.2, 0) is 4.79 Å². The highest BCUT2D eigenvalue weighted by atomic mass is 16.5. The Morgan fingerprint density at radius 2 is 1.83 bits per heavy atom. The Hall–Kier alpha value is -3.95. The number of esters is 1. The Labute approximate surface area is 203 Å². The van der Waals surface area contributed by atoms with Gasteiger partial charge in [-0.3, -0.25) is 4.79 Å². The van der Waals surface area contributed by atoms with E-state index >= 15 is 0 Å². The van der Waals surface area contributed by atoms with Crippen LogP contribution in [0, 0.1) is 0 Å². The molecule has 1 aliphatic heterocycles. The fraction of sp³-hybridized carbons (Fsp3) is 0.400. The molecule has 182 valence electrons. The Kier molecular flexibility index (Phi) is 6.60. The van der Waals surface area contributed by atoms with Crippen LogP contribution in [0.5, 0.6) is 5.75 Å². The van der Waals surface area contributed by atoms with E-state index in [-0.39, 0.29) is 6.03 Å². The van der Waals surface area contributed by atoms with Gasteiger partial charge in [-0.15, -0.1) is 0 Å². The number of amides is 2. The molecule has 3 heterocycles. The third-order valence-corrected chi connectivity index (χ3v) is 6.43. The summed E-state index contributed by atoms with van der Waals surface area (Å²) in [5.41, 5.74) is 1.29. The number of rotatable bonds is 5. The Morgan fingerprint density at radius 1 is 1.06 bits per heavy atom. The normalized spacial score (nSPS) is 16.4. The fourth-order valence-electron chi connectivity index (χ4n) is 4.54. The minimum absolute atomic E-state index is 0.234. The SMILES string of the molecule is CC(=O)Oc1ccccc1NC(=O)N1CCN(c2ccc(-c3noc(C4CCCC4)n3)cn2)CC1. The van der Waals surface area contributed by atoms with Crippen molar-refractivity contribution >= 4 is 23.5 Å². The van der Waals surface area contributed by atoms with Crippen molar-refractivity contribution in [3.8, 4) is 17.1 Å². The molecule has 5 rings (SSSR count). The van der Waals surface area contributed by atoms with E-state index in [9.17, 15) is 9.59 Å². The molecule has 1 N–H and O–H groups in total. The number of hydrogen-bond donors (Lipinski definition) is 1. The van der Waals surface area contributed by atoms with Gasteiger partial charge < -0.3 is 24.4 Å². The monoisotopic (exact) mass is 476 g/mol. The van der Waals surface area contributed by atoms with E-state index in [0.29, 0.717) is 49.4 Å². The molecule has 1 saturated heterocycles. The fourth-order valence-corrected chi connectivity index (χ4v) is 4.54. The van der Waals surface area contributed by atoms with Crippen molar-refractivity contribution in [1.82, 2.24) is 20.0 Å². The molecule has 2 aliphatic rings. The van der Waals surface area contributed by atoms with Gasteiger partial charge in [-0.25, -0.2) is 9.78 Å². The van der Waals surface area contributed by atoms with Crippen molar-refractivity contribution in [2.24, 2.45) is 0 Å². The number of hydrogen-bond acceptors (Lipinski definition) is 8. The molecule has 10 heteroatoms. The minimum Gasteiger partial charge on any atom is -0.424 e. The van der Waals surface area contributed by atoms with Gasteiger partial charge in [-0.1, -0.05) is 30.1 Å². The summed E-state index contributed by atoms with van der Waals surface area (Å²) < 4.78 is 10.7. The summed E-state index contributed by atoms with van der Waals surface area (Å²) in [6.45, 7) is 3.72. The lowest BCUT2D eigenvalue weighted by Gasteiger charge is -2.35. The van der Waals surface area contributed by atoms with Crippen LogP contribution >= 0.6 is 0 Å². The van der Waals surface area contributed by atoms with Crippen molar-refractivity contribution < 1.29 is 18.8 Å². The molecule has 0 radical (unpaired) electrons. The summed E-state index contributed by atoms with van der Waals surface area (Å²) in [5, 5.41) is 6.98. The van der Waals surface area contributed by atoms with Crippen LogP contribution in [-0.4, -0.2) is 58.2 Å². The molecule has 0 unspecified atom stereocenters. The lowest BCUT2D eigenvalue weighted by Crippen LogP contribution is -2.50. The van der Waals surface area contributed by atoms with E-state index in [0.717, 1.165) is 30.1 Å². The van der Waals surface area contributed by atoms with Gasteiger partial charge in [0.1, 0.15) is 5.82 Å². The van der Waals surface area contributed by atoms with Gasteiger partial charge in [-0.2, -0.15) is 4.98 Å². The number of carbonyl (C=O) groups is 2. The Morgan fingerprint density at radius 3 is 2.54 bits per heavy atom. The standard InChI is InChI=1S/C25H28N6O4/c1-17(32)34-21-9-5-4-8-20(21)27-25(33)31-14-12-30(13-15-31)22-11-10-19(16-26-22)23-28-24(35-29-23)18-6-2-3-7-18/h4-5,8-11,16,18H,2-3,6-7,12-15H2,1H3,(H,27,33). The van der Waals surface area contributed by atoms with Crippen LogP contribution in [0.1, 0.15) is 44.4 Å². The van der Waals surface area contributed by atoms with E-state index in [2.05, 4.69) is 25.3 Å². The molecular formula is C25H28N6O4. The predicted molar refractivity (Wildman–Crippen MR) is 129 cm³/mol. The van der Waals surface area contributed by atoms with Gasteiger partial charge in [0.25, 0.3) is 0 Å². The molecule has 0 spiro atoms. The average molecular weight is 477 g/mol. The van der Waals surface area contributed by atoms with Gasteiger partial charge >= 0.3 is 12.0 Å². The molecule has 3 aromatic rings. The Balaban J connectivity index is 1.16. The molecule has 1 saturated carbocycles. The van der Waals surface area contributed by atoms with E-state index in [1.54, 1.807) is 35.4 Å². The zero-order valence-electron chi connectivity index (χ0n) is 19.6. The molecule has 10 nitrogen and oxygen atoms in total. The van der Waals surface area contributed by atoms with E-state index in [4.69, 9.17) is 9.26 Å². The predicted octanol–water partition coefficient (Wildman–Crippen LogP) is 4.07. The van der Waals surface area contributed by atoms with Crippen molar-refractivity contribution in [2.75, 3.05) is 36.4 Å². The Bertz CT molecular complexity index is 1180. The highest BCUT2D eigenvalue weighted by molar-refractivity contribution is 5.91. The minimum atomic E-state index is -0.438. The van der Waals surface area contributed by atoms with Crippen LogP contribution in [0.3, 0.4) is 0 Å². The van der Waals surface area contributed by atoms with Gasteiger partial charge in [0.2, 0.25) is 11.7 Å². The molecular weight excluding hydrogens is 448 g/mol. The molecule has 1 aliphatic carbocycles. The second-order valence-corrected chi connectivity index (χ2v) is 8.84. The number of anilines is 2. The number of aromatic nitrogens is 3. The first-order valence-corrected chi connectivity index (χ1v) is 11.9. The molecule has 35 heavy (non-hydrogen) atoms. The summed E-state index contributed by atoms with van der Waals surface area (Å²) in [6, 6.07) is 10.6. The van der Waals surface area contributed by atoms with Gasteiger partial charge in [0, 0.05) is 50.8 Å². The molecule has 0 bridgehead atoms. The number of para-hydroxylation sites is 2. The number of pyridine rings is 1. The van der Waals surface area contributed by atoms with E-state index in [1.165, 1.54) is 19.8 Å². The maximum Gasteiger partial charge on any atom is 0.322 e. The molecule has 2 amide bonds. The largest absolute Gasteiger partial charge is 0.424 e. The molecule has 2 aromatic heterocycles. The highest BCUT2D eigenvalue weighted by Crippen LogP contribution is 2.34. The third kappa shape index (κ3) is 5.26. The first-order valence-electron chi connectivity index (χ1n) is 11.9. The van der Waals surface area contributed by atoms with Crippen LogP contribution < -0.4 is 15.0 Å². The summed E-state index contributed by atoms with van der Waals surface area (Å²) in [7, 11) is 0. The topological polar surface area (TPSA) is 114 Å². The first-order chi connectivity index (χ1) is 17.1. The molecule has 0 atom stereocenters. The highest BCUT2D eigenvalue weighted by Gasteiger charge is 2.25. The molecule has 2 fully saturated rings. The maximum atomic E-state index is 12.8. The van der Waals surface area contributed by atoms with Crippen LogP contribution in [0.25, 0.3) is 11.4 Å². The van der Waals surface area contributed by atoms with Crippen LogP contribution in [0.15, 0.2) is 47.1 Å². The lowest BCUT2D eigenvalue weighted by atomic mass is 10.1. The maximum absolute atomic E-state index is 12.8. The van der Waals surface area contributed by atoms with Crippen molar-refractivity contribution in [1.29, 1.82) is 0 Å². The number of ether oxygens (including phenoxy) is 1. The number of urea groups is 1. The van der Waals surface area contributed by atoms with Crippen molar-refractivity contribution in [2.45, 2.75) is 38.5 Å². The average Bonchev–Trinajstić information content (AvgIpc) is 3.58. The van der Waals surface area contributed by atoms with Crippen molar-refractivity contribution in [3.63, 3.8) is 0 Å². The number of benzene rings is 1. The van der Waals surface area contributed by atoms with E-state index < -0.39 is 5.97 Å². The number of carbonyl (C=O) groups excluding carboxylic acids is 2. The van der Waals surface area contributed by atoms with Crippen LogP contribution in [0.4, 0.5) is 16.3 Å².